The lowest BCUT2D eigenvalue weighted by atomic mass is 9.95. The number of aliphatic hydroxyl groups is 1. The molecule has 2 aromatic carbocycles. The van der Waals surface area contributed by atoms with Crippen molar-refractivity contribution < 1.29 is 19.4 Å². The van der Waals surface area contributed by atoms with Gasteiger partial charge in [-0.2, -0.15) is 0 Å². The van der Waals surface area contributed by atoms with Crippen molar-refractivity contribution in [2.24, 2.45) is 5.92 Å². The minimum absolute atomic E-state index is 0.0815. The Morgan fingerprint density at radius 2 is 1.77 bits per heavy atom. The van der Waals surface area contributed by atoms with Gasteiger partial charge >= 0.3 is 0 Å². The first-order valence-electron chi connectivity index (χ1n) is 10.5. The molecule has 1 amide bonds. The van der Waals surface area contributed by atoms with Gasteiger partial charge in [0.25, 0.3) is 0 Å². The molecule has 0 fully saturated rings. The van der Waals surface area contributed by atoms with E-state index in [1.165, 1.54) is 0 Å². The van der Waals surface area contributed by atoms with E-state index >= 15 is 0 Å². The number of amides is 1. The molecule has 5 heteroatoms. The molecule has 31 heavy (non-hydrogen) atoms. The number of carbonyl (C=O) groups excluding carboxylic acids is 1. The first-order chi connectivity index (χ1) is 15.1. The summed E-state index contributed by atoms with van der Waals surface area (Å²) >= 11 is 0. The van der Waals surface area contributed by atoms with E-state index in [9.17, 15) is 9.90 Å². The quantitative estimate of drug-likeness (QED) is 0.459. The lowest BCUT2D eigenvalue weighted by Crippen LogP contribution is -2.47. The lowest BCUT2D eigenvalue weighted by molar-refractivity contribution is -0.136. The smallest absolute Gasteiger partial charge is 0.227 e. The molecule has 0 aliphatic heterocycles. The lowest BCUT2D eigenvalue weighted by Gasteiger charge is -2.36. The van der Waals surface area contributed by atoms with Gasteiger partial charge in [0.2, 0.25) is 5.91 Å². The van der Waals surface area contributed by atoms with E-state index < -0.39 is 6.04 Å². The number of methoxy groups -OCH3 is 1. The van der Waals surface area contributed by atoms with Crippen molar-refractivity contribution in [2.45, 2.75) is 32.0 Å². The van der Waals surface area contributed by atoms with Crippen LogP contribution in [0.3, 0.4) is 0 Å². The van der Waals surface area contributed by atoms with Crippen LogP contribution in [0.2, 0.25) is 0 Å². The maximum atomic E-state index is 12.9. The van der Waals surface area contributed by atoms with Gasteiger partial charge in [0, 0.05) is 18.9 Å². The highest BCUT2D eigenvalue weighted by atomic mass is 16.5. The fraction of sp³-hybridized carbons (Fsp3) is 0.346. The Morgan fingerprint density at radius 3 is 2.35 bits per heavy atom. The van der Waals surface area contributed by atoms with Crippen LogP contribution in [0.15, 0.2) is 79.9 Å². The van der Waals surface area contributed by atoms with Crippen LogP contribution in [-0.2, 0) is 22.7 Å². The van der Waals surface area contributed by atoms with E-state index in [-0.39, 0.29) is 24.9 Å². The highest BCUT2D eigenvalue weighted by Gasteiger charge is 2.29. The van der Waals surface area contributed by atoms with Crippen LogP contribution in [0, 0.1) is 5.92 Å². The fourth-order valence-corrected chi connectivity index (χ4v) is 3.51. The molecule has 1 N–H and O–H groups in total. The Labute approximate surface area is 185 Å². The van der Waals surface area contributed by atoms with Crippen molar-refractivity contribution in [1.82, 2.24) is 4.90 Å². The molecular weight excluding hydrogens is 390 g/mol. The Kier molecular flexibility index (Phi) is 10.6. The van der Waals surface area contributed by atoms with Crippen LogP contribution in [0.5, 0.6) is 5.75 Å². The molecule has 0 aromatic heterocycles. The number of aliphatic hydroxyl groups excluding tert-OH is 1. The average molecular weight is 424 g/mol. The van der Waals surface area contributed by atoms with Crippen molar-refractivity contribution in [3.63, 3.8) is 0 Å². The largest absolute Gasteiger partial charge is 0.497 e. The SMILES string of the molecule is C=CCC(=O)N(Cc1ccc(OC)cc1)[C@H](CO)[C@@H](CC=C)COCc1ccccc1. The molecule has 0 unspecified atom stereocenters. The predicted octanol–water partition coefficient (Wildman–Crippen LogP) is 4.37. The highest BCUT2D eigenvalue weighted by Crippen LogP contribution is 2.22. The molecular formula is C26H33NO4. The van der Waals surface area contributed by atoms with Crippen LogP contribution in [0.1, 0.15) is 24.0 Å². The maximum absolute atomic E-state index is 12.9. The average Bonchev–Trinajstić information content (AvgIpc) is 2.80. The van der Waals surface area contributed by atoms with Crippen molar-refractivity contribution in [2.75, 3.05) is 20.3 Å². The number of carbonyl (C=O) groups is 1. The minimum Gasteiger partial charge on any atom is -0.497 e. The van der Waals surface area contributed by atoms with E-state index in [4.69, 9.17) is 9.47 Å². The molecule has 0 heterocycles. The van der Waals surface area contributed by atoms with E-state index in [0.717, 1.165) is 16.9 Å². The number of ether oxygens (including phenoxy) is 2. The number of nitrogens with zero attached hydrogens (tertiary/aromatic N) is 1. The van der Waals surface area contributed by atoms with Gasteiger partial charge in [-0.15, -0.1) is 13.2 Å². The Hall–Kier alpha value is -2.89. The van der Waals surface area contributed by atoms with E-state index in [2.05, 4.69) is 13.2 Å². The topological polar surface area (TPSA) is 59.0 Å². The Balaban J connectivity index is 2.16. The maximum Gasteiger partial charge on any atom is 0.227 e. The summed E-state index contributed by atoms with van der Waals surface area (Å²) in [5.74, 6) is 0.588. The molecule has 0 spiro atoms. The third-order valence-electron chi connectivity index (χ3n) is 5.20. The zero-order valence-corrected chi connectivity index (χ0v) is 18.3. The molecule has 0 aliphatic carbocycles. The zero-order valence-electron chi connectivity index (χ0n) is 18.3. The van der Waals surface area contributed by atoms with Crippen molar-refractivity contribution in [3.8, 4) is 5.75 Å². The number of rotatable bonds is 14. The van der Waals surface area contributed by atoms with Gasteiger partial charge in [0.1, 0.15) is 5.75 Å². The van der Waals surface area contributed by atoms with Gasteiger partial charge in [0.15, 0.2) is 0 Å². The second-order valence-electron chi connectivity index (χ2n) is 7.40. The predicted molar refractivity (Wildman–Crippen MR) is 124 cm³/mol. The van der Waals surface area contributed by atoms with E-state index in [0.29, 0.717) is 26.2 Å². The standard InChI is InChI=1S/C26H33NO4/c1-4-9-23(20-31-19-22-11-7-6-8-12-22)25(18-28)27(26(29)10-5-2)17-21-13-15-24(30-3)16-14-21/h4-8,11-16,23,25,28H,1-2,9-10,17-20H2,3H3/t23-,25+/m0/s1. The molecule has 0 bridgehead atoms. The number of hydrogen-bond acceptors (Lipinski definition) is 4. The van der Waals surface area contributed by atoms with Crippen LogP contribution >= 0.6 is 0 Å². The monoisotopic (exact) mass is 423 g/mol. The number of benzene rings is 2. The molecule has 0 saturated carbocycles. The fourth-order valence-electron chi connectivity index (χ4n) is 3.51. The second kappa shape index (κ2) is 13.4. The van der Waals surface area contributed by atoms with Gasteiger partial charge in [-0.25, -0.2) is 0 Å². The van der Waals surface area contributed by atoms with Crippen LogP contribution < -0.4 is 4.74 Å². The molecule has 2 atom stereocenters. The van der Waals surface area contributed by atoms with Crippen LogP contribution in [0.25, 0.3) is 0 Å². The van der Waals surface area contributed by atoms with E-state index in [1.807, 2.05) is 60.7 Å². The summed E-state index contributed by atoms with van der Waals surface area (Å²) in [5.41, 5.74) is 2.04. The van der Waals surface area contributed by atoms with Crippen LogP contribution in [0.4, 0.5) is 0 Å². The molecule has 5 nitrogen and oxygen atoms in total. The van der Waals surface area contributed by atoms with E-state index in [1.54, 1.807) is 18.1 Å². The van der Waals surface area contributed by atoms with Gasteiger partial charge in [-0.3, -0.25) is 4.79 Å². The van der Waals surface area contributed by atoms with Gasteiger partial charge in [-0.1, -0.05) is 54.6 Å². The molecule has 2 rings (SSSR count). The third-order valence-corrected chi connectivity index (χ3v) is 5.20. The molecule has 166 valence electrons. The minimum atomic E-state index is -0.400. The molecule has 0 radical (unpaired) electrons. The first-order valence-corrected chi connectivity index (χ1v) is 10.5. The molecule has 0 aliphatic rings. The van der Waals surface area contributed by atoms with Crippen molar-refractivity contribution in [1.29, 1.82) is 0 Å². The summed E-state index contributed by atoms with van der Waals surface area (Å²) in [6.45, 7) is 8.66. The normalized spacial score (nSPS) is 12.6. The van der Waals surface area contributed by atoms with Crippen molar-refractivity contribution >= 4 is 5.91 Å². The summed E-state index contributed by atoms with van der Waals surface area (Å²) < 4.78 is 11.2. The number of hydrogen-bond donors (Lipinski definition) is 1. The second-order valence-corrected chi connectivity index (χ2v) is 7.40. The summed E-state index contributed by atoms with van der Waals surface area (Å²) in [6, 6.07) is 17.1. The summed E-state index contributed by atoms with van der Waals surface area (Å²) in [4.78, 5) is 14.7. The molecule has 0 saturated heterocycles. The van der Waals surface area contributed by atoms with Gasteiger partial charge < -0.3 is 19.5 Å². The highest BCUT2D eigenvalue weighted by molar-refractivity contribution is 5.78. The first kappa shape index (κ1) is 24.4. The summed E-state index contributed by atoms with van der Waals surface area (Å²) in [5, 5.41) is 10.3. The van der Waals surface area contributed by atoms with Crippen LogP contribution in [-0.4, -0.2) is 42.3 Å². The summed E-state index contributed by atoms with van der Waals surface area (Å²) in [7, 11) is 1.62. The molecule has 2 aromatic rings. The Morgan fingerprint density at radius 1 is 1.06 bits per heavy atom. The van der Waals surface area contributed by atoms with Gasteiger partial charge in [-0.05, 0) is 29.7 Å². The number of allylic oxidation sites excluding steroid dienone is 1. The van der Waals surface area contributed by atoms with Gasteiger partial charge in [0.05, 0.1) is 33.0 Å². The Bertz CT molecular complexity index is 804. The van der Waals surface area contributed by atoms with Crippen molar-refractivity contribution in [3.05, 3.63) is 91.0 Å². The third kappa shape index (κ3) is 7.70. The zero-order chi connectivity index (χ0) is 22.5. The summed E-state index contributed by atoms with van der Waals surface area (Å²) in [6.07, 6.45) is 4.23.